The first-order valence-corrected chi connectivity index (χ1v) is 10.1. The van der Waals surface area contributed by atoms with Gasteiger partial charge >= 0.3 is 0 Å². The molecule has 2 saturated heterocycles. The van der Waals surface area contributed by atoms with Crippen LogP contribution in [0.25, 0.3) is 0 Å². The monoisotopic (exact) mass is 358 g/mol. The van der Waals surface area contributed by atoms with Crippen LogP contribution in [0.4, 0.5) is 5.82 Å². The van der Waals surface area contributed by atoms with Gasteiger partial charge in [0.1, 0.15) is 11.4 Å². The summed E-state index contributed by atoms with van der Waals surface area (Å²) in [5.74, 6) is 1.20. The molecular formula is C20H30N4O2. The number of pyridine rings is 1. The van der Waals surface area contributed by atoms with Gasteiger partial charge in [-0.2, -0.15) is 0 Å². The Kier molecular flexibility index (Phi) is 5.41. The van der Waals surface area contributed by atoms with Crippen molar-refractivity contribution in [2.45, 2.75) is 50.6 Å². The van der Waals surface area contributed by atoms with E-state index in [9.17, 15) is 4.79 Å². The maximum Gasteiger partial charge on any atom is 0.240 e. The Labute approximate surface area is 155 Å². The van der Waals surface area contributed by atoms with Crippen LogP contribution in [-0.2, 0) is 16.1 Å². The van der Waals surface area contributed by atoms with Crippen molar-refractivity contribution in [1.82, 2.24) is 15.2 Å². The van der Waals surface area contributed by atoms with Gasteiger partial charge in [-0.15, -0.1) is 0 Å². The fourth-order valence-electron chi connectivity index (χ4n) is 4.76. The SMILES string of the molecule is O=C(NCc1cccnc1N1CCOCC1)C1(N2CCCC2)CCCC1. The van der Waals surface area contributed by atoms with E-state index in [4.69, 9.17) is 4.74 Å². The normalized spacial score (nSPS) is 23.3. The zero-order valence-electron chi connectivity index (χ0n) is 15.6. The lowest BCUT2D eigenvalue weighted by Gasteiger charge is -2.37. The second-order valence-electron chi connectivity index (χ2n) is 7.70. The molecule has 4 rings (SSSR count). The Hall–Kier alpha value is -1.66. The number of amides is 1. The summed E-state index contributed by atoms with van der Waals surface area (Å²) in [6, 6.07) is 4.03. The summed E-state index contributed by atoms with van der Waals surface area (Å²) in [5, 5.41) is 3.26. The Morgan fingerprint density at radius 1 is 1.12 bits per heavy atom. The quantitative estimate of drug-likeness (QED) is 0.872. The van der Waals surface area contributed by atoms with Crippen molar-refractivity contribution in [3.8, 4) is 0 Å². The third kappa shape index (κ3) is 3.45. The molecule has 6 heteroatoms. The number of rotatable bonds is 5. The van der Waals surface area contributed by atoms with Gasteiger partial charge < -0.3 is 15.0 Å². The number of nitrogens with one attached hydrogen (secondary N) is 1. The van der Waals surface area contributed by atoms with Crippen molar-refractivity contribution in [1.29, 1.82) is 0 Å². The molecule has 0 spiro atoms. The molecule has 142 valence electrons. The summed E-state index contributed by atoms with van der Waals surface area (Å²) < 4.78 is 5.45. The number of aromatic nitrogens is 1. The molecule has 26 heavy (non-hydrogen) atoms. The number of likely N-dealkylation sites (tertiary alicyclic amines) is 1. The number of nitrogens with zero attached hydrogens (tertiary/aromatic N) is 3. The predicted octanol–water partition coefficient (Wildman–Crippen LogP) is 1.94. The van der Waals surface area contributed by atoms with Crippen LogP contribution in [0.1, 0.15) is 44.1 Å². The molecule has 3 aliphatic rings. The molecule has 1 saturated carbocycles. The molecule has 3 fully saturated rings. The molecule has 3 heterocycles. The average molecular weight is 358 g/mol. The number of ether oxygens (including phenoxy) is 1. The molecule has 6 nitrogen and oxygen atoms in total. The second kappa shape index (κ2) is 7.92. The van der Waals surface area contributed by atoms with E-state index in [-0.39, 0.29) is 11.4 Å². The van der Waals surface area contributed by atoms with Crippen LogP contribution in [0.3, 0.4) is 0 Å². The highest BCUT2D eigenvalue weighted by molar-refractivity contribution is 5.86. The van der Waals surface area contributed by atoms with E-state index >= 15 is 0 Å². The van der Waals surface area contributed by atoms with Gasteiger partial charge in [0.2, 0.25) is 5.91 Å². The number of carbonyl (C=O) groups excluding carboxylic acids is 1. The zero-order valence-corrected chi connectivity index (χ0v) is 15.6. The third-order valence-corrected chi connectivity index (χ3v) is 6.18. The number of hydrogen-bond donors (Lipinski definition) is 1. The molecule has 1 aromatic rings. The lowest BCUT2D eigenvalue weighted by molar-refractivity contribution is -0.133. The van der Waals surface area contributed by atoms with Crippen molar-refractivity contribution >= 4 is 11.7 Å². The average Bonchev–Trinajstić information content (AvgIpc) is 3.39. The highest BCUT2D eigenvalue weighted by Gasteiger charge is 2.46. The molecule has 2 aliphatic heterocycles. The van der Waals surface area contributed by atoms with Crippen molar-refractivity contribution in [2.75, 3.05) is 44.3 Å². The minimum Gasteiger partial charge on any atom is -0.378 e. The van der Waals surface area contributed by atoms with E-state index in [0.717, 1.165) is 76.5 Å². The summed E-state index contributed by atoms with van der Waals surface area (Å²) in [5.41, 5.74) is 0.829. The van der Waals surface area contributed by atoms with Gasteiger partial charge in [-0.1, -0.05) is 18.9 Å². The van der Waals surface area contributed by atoms with Crippen LogP contribution in [0.2, 0.25) is 0 Å². The first-order chi connectivity index (χ1) is 12.8. The first kappa shape index (κ1) is 17.7. The first-order valence-electron chi connectivity index (χ1n) is 10.1. The maximum absolute atomic E-state index is 13.2. The molecular weight excluding hydrogens is 328 g/mol. The van der Waals surface area contributed by atoms with Crippen molar-refractivity contribution < 1.29 is 9.53 Å². The molecule has 0 atom stereocenters. The topological polar surface area (TPSA) is 57.7 Å². The maximum atomic E-state index is 13.2. The minimum atomic E-state index is -0.266. The summed E-state index contributed by atoms with van der Waals surface area (Å²) in [6.45, 7) is 5.87. The lowest BCUT2D eigenvalue weighted by atomic mass is 9.94. The highest BCUT2D eigenvalue weighted by Crippen LogP contribution is 2.37. The smallest absolute Gasteiger partial charge is 0.240 e. The fourth-order valence-corrected chi connectivity index (χ4v) is 4.76. The molecule has 0 unspecified atom stereocenters. The summed E-state index contributed by atoms with van der Waals surface area (Å²) in [6.07, 6.45) is 8.60. The van der Waals surface area contributed by atoms with Crippen molar-refractivity contribution in [3.63, 3.8) is 0 Å². The van der Waals surface area contributed by atoms with E-state index in [1.165, 1.54) is 12.8 Å². The Balaban J connectivity index is 1.45. The Morgan fingerprint density at radius 2 is 1.85 bits per heavy atom. The van der Waals surface area contributed by atoms with E-state index in [0.29, 0.717) is 6.54 Å². The molecule has 1 N–H and O–H groups in total. The van der Waals surface area contributed by atoms with Crippen LogP contribution >= 0.6 is 0 Å². The molecule has 0 bridgehead atoms. The predicted molar refractivity (Wildman–Crippen MR) is 101 cm³/mol. The highest BCUT2D eigenvalue weighted by atomic mass is 16.5. The molecule has 1 amide bonds. The fraction of sp³-hybridized carbons (Fsp3) is 0.700. The van der Waals surface area contributed by atoms with Gasteiger partial charge in [0.25, 0.3) is 0 Å². The number of morpholine rings is 1. The molecule has 0 radical (unpaired) electrons. The van der Waals surface area contributed by atoms with Gasteiger partial charge in [-0.25, -0.2) is 4.98 Å². The van der Waals surface area contributed by atoms with Crippen molar-refractivity contribution in [2.24, 2.45) is 0 Å². The number of carbonyl (C=O) groups is 1. The number of anilines is 1. The lowest BCUT2D eigenvalue weighted by Crippen LogP contribution is -2.56. The summed E-state index contributed by atoms with van der Waals surface area (Å²) in [7, 11) is 0. The number of hydrogen-bond acceptors (Lipinski definition) is 5. The third-order valence-electron chi connectivity index (χ3n) is 6.18. The van der Waals surface area contributed by atoms with E-state index < -0.39 is 0 Å². The Bertz CT molecular complexity index is 618. The molecule has 0 aromatic carbocycles. The van der Waals surface area contributed by atoms with Crippen LogP contribution in [-0.4, -0.2) is 60.7 Å². The van der Waals surface area contributed by atoms with E-state index in [1.54, 1.807) is 0 Å². The Morgan fingerprint density at radius 3 is 2.58 bits per heavy atom. The molecule has 1 aliphatic carbocycles. The minimum absolute atomic E-state index is 0.216. The van der Waals surface area contributed by atoms with E-state index in [2.05, 4.69) is 26.2 Å². The summed E-state index contributed by atoms with van der Waals surface area (Å²) in [4.78, 5) is 22.5. The van der Waals surface area contributed by atoms with E-state index in [1.807, 2.05) is 12.3 Å². The van der Waals surface area contributed by atoms with Gasteiger partial charge in [-0.3, -0.25) is 9.69 Å². The molecule has 1 aromatic heterocycles. The van der Waals surface area contributed by atoms with Gasteiger partial charge in [0.15, 0.2) is 0 Å². The standard InChI is InChI=1S/C20H30N4O2/c25-19(20(7-1-2-8-20)24-10-3-4-11-24)22-16-17-6-5-9-21-18(17)23-12-14-26-15-13-23/h5-6,9H,1-4,7-8,10-16H2,(H,22,25). The van der Waals surface area contributed by atoms with Crippen LogP contribution in [0, 0.1) is 0 Å². The van der Waals surface area contributed by atoms with Crippen molar-refractivity contribution in [3.05, 3.63) is 23.9 Å². The van der Waals surface area contributed by atoms with Gasteiger partial charge in [-0.05, 0) is 44.8 Å². The second-order valence-corrected chi connectivity index (χ2v) is 7.70. The zero-order chi connectivity index (χ0) is 17.8. The van der Waals surface area contributed by atoms with Gasteiger partial charge in [0, 0.05) is 31.4 Å². The van der Waals surface area contributed by atoms with Crippen LogP contribution in [0.5, 0.6) is 0 Å². The van der Waals surface area contributed by atoms with Crippen LogP contribution in [0.15, 0.2) is 18.3 Å². The van der Waals surface area contributed by atoms with Crippen LogP contribution < -0.4 is 10.2 Å². The summed E-state index contributed by atoms with van der Waals surface area (Å²) >= 11 is 0. The largest absolute Gasteiger partial charge is 0.378 e. The van der Waals surface area contributed by atoms with Gasteiger partial charge in [0.05, 0.1) is 13.2 Å².